The highest BCUT2D eigenvalue weighted by molar-refractivity contribution is 7.90. The van der Waals surface area contributed by atoms with Gasteiger partial charge >= 0.3 is 6.09 Å². The van der Waals surface area contributed by atoms with Crippen LogP contribution in [0.5, 0.6) is 0 Å². The number of sulfone groups is 1. The normalized spacial score (nSPS) is 18.4. The van der Waals surface area contributed by atoms with Crippen molar-refractivity contribution in [1.82, 2.24) is 9.88 Å². The van der Waals surface area contributed by atoms with Crippen molar-refractivity contribution in [2.45, 2.75) is 36.1 Å². The first-order chi connectivity index (χ1) is 17.2. The summed E-state index contributed by atoms with van der Waals surface area (Å²) in [6.07, 6.45) is 2.13. The van der Waals surface area contributed by atoms with E-state index >= 15 is 0 Å². The van der Waals surface area contributed by atoms with E-state index < -0.39 is 21.7 Å². The average Bonchev–Trinajstić information content (AvgIpc) is 3.27. The summed E-state index contributed by atoms with van der Waals surface area (Å²) in [5, 5.41) is 9.72. The number of amides is 1. The van der Waals surface area contributed by atoms with Gasteiger partial charge in [0.05, 0.1) is 10.5 Å². The van der Waals surface area contributed by atoms with Crippen molar-refractivity contribution in [1.29, 1.82) is 0 Å². The summed E-state index contributed by atoms with van der Waals surface area (Å²) in [5.74, 6) is -0.513. The van der Waals surface area contributed by atoms with Gasteiger partial charge in [0, 0.05) is 18.8 Å². The molecular formula is C27H25FN2O5S. The van der Waals surface area contributed by atoms with Gasteiger partial charge in [0.25, 0.3) is 0 Å². The quantitative estimate of drug-likeness (QED) is 0.382. The van der Waals surface area contributed by atoms with Gasteiger partial charge in [-0.1, -0.05) is 36.4 Å². The lowest BCUT2D eigenvalue weighted by molar-refractivity contribution is 0.101. The van der Waals surface area contributed by atoms with Crippen molar-refractivity contribution in [3.05, 3.63) is 83.7 Å². The van der Waals surface area contributed by atoms with E-state index in [1.54, 1.807) is 6.07 Å². The lowest BCUT2D eigenvalue weighted by atomic mass is 9.83. The number of hydrogen-bond donors (Lipinski definition) is 1. The summed E-state index contributed by atoms with van der Waals surface area (Å²) in [7, 11) is -3.53. The summed E-state index contributed by atoms with van der Waals surface area (Å²) in [4.78, 5) is 17.7. The van der Waals surface area contributed by atoms with Crippen molar-refractivity contribution < 1.29 is 27.1 Å². The Morgan fingerprint density at radius 3 is 2.61 bits per heavy atom. The highest BCUT2D eigenvalue weighted by Crippen LogP contribution is 2.35. The van der Waals surface area contributed by atoms with Gasteiger partial charge < -0.3 is 14.4 Å². The molecule has 0 spiro atoms. The molecule has 1 fully saturated rings. The molecule has 186 valence electrons. The zero-order chi connectivity index (χ0) is 25.4. The third-order valence-corrected chi connectivity index (χ3v) is 7.87. The van der Waals surface area contributed by atoms with Crippen LogP contribution in [0, 0.1) is 5.82 Å². The van der Waals surface area contributed by atoms with E-state index in [0.717, 1.165) is 23.4 Å². The molecule has 2 heterocycles. The predicted molar refractivity (Wildman–Crippen MR) is 133 cm³/mol. The second kappa shape index (κ2) is 9.39. The van der Waals surface area contributed by atoms with Crippen LogP contribution in [0.25, 0.3) is 22.6 Å². The predicted octanol–water partition coefficient (Wildman–Crippen LogP) is 5.51. The molecule has 0 saturated carbocycles. The molecule has 0 radical (unpaired) electrons. The van der Waals surface area contributed by atoms with Crippen LogP contribution < -0.4 is 0 Å². The van der Waals surface area contributed by atoms with Gasteiger partial charge in [-0.05, 0) is 66.6 Å². The van der Waals surface area contributed by atoms with Crippen LogP contribution in [0.2, 0.25) is 0 Å². The van der Waals surface area contributed by atoms with Gasteiger partial charge in [-0.25, -0.2) is 22.6 Å². The molecule has 7 nitrogen and oxygen atoms in total. The number of rotatable bonds is 5. The van der Waals surface area contributed by atoms with Crippen LogP contribution in [-0.4, -0.2) is 48.3 Å². The van der Waals surface area contributed by atoms with E-state index in [1.165, 1.54) is 17.0 Å². The molecule has 1 N–H and O–H groups in total. The van der Waals surface area contributed by atoms with E-state index in [0.29, 0.717) is 36.9 Å². The van der Waals surface area contributed by atoms with Crippen LogP contribution in [0.15, 0.2) is 76.0 Å². The molecule has 1 aliphatic heterocycles. The minimum absolute atomic E-state index is 0.0716. The Balaban J connectivity index is 1.41. The molecule has 9 heteroatoms. The second-order valence-electron chi connectivity index (χ2n) is 9.20. The molecule has 1 saturated heterocycles. The van der Waals surface area contributed by atoms with Gasteiger partial charge in [0.15, 0.2) is 15.4 Å². The number of nitrogens with zero attached hydrogens (tertiary/aromatic N) is 2. The first-order valence-corrected chi connectivity index (χ1v) is 13.5. The van der Waals surface area contributed by atoms with Crippen LogP contribution in [-0.2, 0) is 16.3 Å². The van der Waals surface area contributed by atoms with E-state index in [-0.39, 0.29) is 28.3 Å². The second-order valence-corrected chi connectivity index (χ2v) is 11.2. The van der Waals surface area contributed by atoms with Crippen LogP contribution in [0.4, 0.5) is 9.18 Å². The van der Waals surface area contributed by atoms with Gasteiger partial charge in [-0.2, -0.15) is 0 Å². The molecule has 5 rings (SSSR count). The summed E-state index contributed by atoms with van der Waals surface area (Å²) < 4.78 is 43.8. The number of benzene rings is 3. The van der Waals surface area contributed by atoms with Gasteiger partial charge in [0.2, 0.25) is 5.89 Å². The van der Waals surface area contributed by atoms with Crippen molar-refractivity contribution in [2.24, 2.45) is 0 Å². The molecule has 36 heavy (non-hydrogen) atoms. The third kappa shape index (κ3) is 4.83. The molecule has 2 atom stereocenters. The molecular weight excluding hydrogens is 483 g/mol. The Bertz CT molecular complexity index is 1530. The lowest BCUT2D eigenvalue weighted by Gasteiger charge is -2.38. The first-order valence-electron chi connectivity index (χ1n) is 11.6. The number of halogens is 1. The largest absolute Gasteiger partial charge is 0.465 e. The third-order valence-electron chi connectivity index (χ3n) is 6.76. The fourth-order valence-electron chi connectivity index (χ4n) is 4.90. The number of fused-ring (bicyclic) bond motifs is 1. The molecule has 0 bridgehead atoms. The minimum Gasteiger partial charge on any atom is -0.465 e. The number of carboxylic acid groups (broad SMARTS) is 1. The molecule has 1 aliphatic rings. The summed E-state index contributed by atoms with van der Waals surface area (Å²) in [6.45, 7) is 0.442. The smallest absolute Gasteiger partial charge is 0.407 e. The highest BCUT2D eigenvalue weighted by atomic mass is 32.2. The average molecular weight is 509 g/mol. The Hall–Kier alpha value is -3.72. The van der Waals surface area contributed by atoms with Crippen molar-refractivity contribution in [2.75, 3.05) is 12.8 Å². The van der Waals surface area contributed by atoms with E-state index in [1.807, 2.05) is 42.5 Å². The van der Waals surface area contributed by atoms with Crippen LogP contribution in [0.1, 0.15) is 29.9 Å². The van der Waals surface area contributed by atoms with Crippen molar-refractivity contribution in [3.63, 3.8) is 0 Å². The van der Waals surface area contributed by atoms with E-state index in [4.69, 9.17) is 4.42 Å². The zero-order valence-corrected chi connectivity index (χ0v) is 20.4. The summed E-state index contributed by atoms with van der Waals surface area (Å²) >= 11 is 0. The van der Waals surface area contributed by atoms with Gasteiger partial charge in [0.1, 0.15) is 11.3 Å². The number of hydrogen-bond acceptors (Lipinski definition) is 5. The first kappa shape index (κ1) is 24.0. The molecule has 1 aromatic heterocycles. The molecule has 3 aromatic carbocycles. The van der Waals surface area contributed by atoms with Crippen LogP contribution in [0.3, 0.4) is 0 Å². The van der Waals surface area contributed by atoms with Crippen molar-refractivity contribution >= 4 is 27.0 Å². The van der Waals surface area contributed by atoms with Crippen molar-refractivity contribution in [3.8, 4) is 11.5 Å². The fourth-order valence-corrected chi connectivity index (χ4v) is 5.53. The monoisotopic (exact) mass is 508 g/mol. The topological polar surface area (TPSA) is 101 Å². The Morgan fingerprint density at radius 2 is 1.92 bits per heavy atom. The number of carbonyl (C=O) groups is 1. The fraction of sp³-hybridized carbons (Fsp3) is 0.259. The van der Waals surface area contributed by atoms with Gasteiger partial charge in [-0.3, -0.25) is 0 Å². The molecule has 4 aromatic rings. The Labute approximate surface area is 208 Å². The number of piperidine rings is 1. The Kier molecular flexibility index (Phi) is 6.26. The lowest BCUT2D eigenvalue weighted by Crippen LogP contribution is -2.46. The molecule has 0 aliphatic carbocycles. The minimum atomic E-state index is -3.53. The van der Waals surface area contributed by atoms with Crippen LogP contribution >= 0.6 is 0 Å². The maximum atomic E-state index is 14.7. The zero-order valence-electron chi connectivity index (χ0n) is 19.6. The number of oxazole rings is 1. The molecule has 1 amide bonds. The number of likely N-dealkylation sites (tertiary alicyclic amines) is 1. The maximum absolute atomic E-state index is 14.7. The standard InChI is InChI=1S/C27H25FN2O5S/c1-36(33,34)21-8-9-22(23(28)16-21)26-29-24-15-18(7-10-25(24)35-26)19-11-12-30(27(31)32)20(14-19)13-17-5-3-2-4-6-17/h2-10,15-16,19-20H,11-14H2,1H3,(H,31,32). The summed E-state index contributed by atoms with van der Waals surface area (Å²) in [5.41, 5.74) is 3.25. The van der Waals surface area contributed by atoms with E-state index in [2.05, 4.69) is 4.98 Å². The SMILES string of the molecule is CS(=O)(=O)c1ccc(-c2nc3cc(C4CCN(C(=O)O)C(Cc5ccccc5)C4)ccc3o2)c(F)c1. The molecule has 2 unspecified atom stereocenters. The number of aromatic nitrogens is 1. The Morgan fingerprint density at radius 1 is 1.14 bits per heavy atom. The highest BCUT2D eigenvalue weighted by Gasteiger charge is 2.32. The summed E-state index contributed by atoms with van der Waals surface area (Å²) in [6, 6.07) is 19.0. The van der Waals surface area contributed by atoms with E-state index in [9.17, 15) is 22.7 Å². The maximum Gasteiger partial charge on any atom is 0.407 e. The van der Waals surface area contributed by atoms with Gasteiger partial charge in [-0.15, -0.1) is 0 Å².